The number of nitrogens with zero attached hydrogens (tertiary/aromatic N) is 4. The lowest BCUT2D eigenvalue weighted by atomic mass is 10.0. The Kier molecular flexibility index (Phi) is 4.62. The van der Waals surface area contributed by atoms with Gasteiger partial charge >= 0.3 is 0 Å². The number of carbonyl (C=O) groups is 1. The zero-order valence-corrected chi connectivity index (χ0v) is 14.6. The molecule has 4 rings (SSSR count). The van der Waals surface area contributed by atoms with Crippen LogP contribution in [-0.4, -0.2) is 44.7 Å². The van der Waals surface area contributed by atoms with Gasteiger partial charge in [0.05, 0.1) is 18.8 Å². The first-order chi connectivity index (χ1) is 11.8. The van der Waals surface area contributed by atoms with Crippen molar-refractivity contribution >= 4 is 22.4 Å². The van der Waals surface area contributed by atoms with E-state index in [4.69, 9.17) is 0 Å². The molecule has 3 heterocycles. The maximum Gasteiger partial charge on any atom is 0.240 e. The van der Waals surface area contributed by atoms with Crippen LogP contribution in [0.25, 0.3) is 0 Å². The van der Waals surface area contributed by atoms with Gasteiger partial charge in [-0.25, -0.2) is 4.98 Å². The number of carbonyl (C=O) groups excluding carboxylic acids is 1. The maximum atomic E-state index is 12.4. The maximum absolute atomic E-state index is 12.4. The molecule has 6 nitrogen and oxygen atoms in total. The summed E-state index contributed by atoms with van der Waals surface area (Å²) >= 11 is 1.65. The summed E-state index contributed by atoms with van der Waals surface area (Å²) in [7, 11) is 0. The van der Waals surface area contributed by atoms with Crippen LogP contribution in [0.5, 0.6) is 0 Å². The summed E-state index contributed by atoms with van der Waals surface area (Å²) in [6, 6.07) is 2.33. The standard InChI is InChI=1S/C17H23N5OS/c23-16(20-17-19-14-6-1-2-7-15(14)24-17)12-21-9-3-5-13(21)11-22-10-4-8-18-22/h4,8,10,13H,1-3,5-7,9,11-12H2,(H,19,20,23). The highest BCUT2D eigenvalue weighted by molar-refractivity contribution is 7.15. The van der Waals surface area contributed by atoms with E-state index < -0.39 is 0 Å². The van der Waals surface area contributed by atoms with E-state index in [9.17, 15) is 4.79 Å². The first kappa shape index (κ1) is 15.8. The predicted molar refractivity (Wildman–Crippen MR) is 94.2 cm³/mol. The van der Waals surface area contributed by atoms with Crippen molar-refractivity contribution in [3.63, 3.8) is 0 Å². The predicted octanol–water partition coefficient (Wildman–Crippen LogP) is 2.32. The Morgan fingerprint density at radius 1 is 1.33 bits per heavy atom. The van der Waals surface area contributed by atoms with Gasteiger partial charge in [-0.2, -0.15) is 5.10 Å². The third-order valence-electron chi connectivity index (χ3n) is 4.89. The number of amides is 1. The number of likely N-dealkylation sites (tertiary alicyclic amines) is 1. The third kappa shape index (κ3) is 3.52. The van der Waals surface area contributed by atoms with Gasteiger partial charge < -0.3 is 5.32 Å². The number of fused-ring (bicyclic) bond motifs is 1. The van der Waals surface area contributed by atoms with Crippen LogP contribution in [0.4, 0.5) is 5.13 Å². The molecule has 0 bridgehead atoms. The average Bonchev–Trinajstić information content (AvgIpc) is 3.29. The highest BCUT2D eigenvalue weighted by Crippen LogP contribution is 2.29. The second-order valence-corrected chi connectivity index (χ2v) is 7.72. The van der Waals surface area contributed by atoms with Crippen LogP contribution in [-0.2, 0) is 24.2 Å². The van der Waals surface area contributed by atoms with Gasteiger partial charge in [0.1, 0.15) is 0 Å². The van der Waals surface area contributed by atoms with Crippen molar-refractivity contribution in [2.24, 2.45) is 0 Å². The van der Waals surface area contributed by atoms with Crippen LogP contribution in [0.15, 0.2) is 18.5 Å². The molecule has 7 heteroatoms. The SMILES string of the molecule is O=C(CN1CCCC1Cn1cccn1)Nc1nc2c(s1)CCCC2. The van der Waals surface area contributed by atoms with Crippen molar-refractivity contribution in [3.8, 4) is 0 Å². The molecule has 1 unspecified atom stereocenters. The number of aromatic nitrogens is 3. The van der Waals surface area contributed by atoms with E-state index in [2.05, 4.69) is 20.3 Å². The van der Waals surface area contributed by atoms with Crippen LogP contribution >= 0.6 is 11.3 Å². The van der Waals surface area contributed by atoms with Gasteiger partial charge in [0.2, 0.25) is 5.91 Å². The topological polar surface area (TPSA) is 63.1 Å². The molecule has 1 aliphatic carbocycles. The molecule has 1 aliphatic heterocycles. The second kappa shape index (κ2) is 7.03. The fourth-order valence-electron chi connectivity index (χ4n) is 3.68. The highest BCUT2D eigenvalue weighted by Gasteiger charge is 2.27. The number of thiazole rings is 1. The summed E-state index contributed by atoms with van der Waals surface area (Å²) in [5.41, 5.74) is 1.19. The summed E-state index contributed by atoms with van der Waals surface area (Å²) < 4.78 is 1.95. The lowest BCUT2D eigenvalue weighted by Crippen LogP contribution is -2.39. The first-order valence-corrected chi connectivity index (χ1v) is 9.59. The average molecular weight is 345 g/mol. The Hall–Kier alpha value is -1.73. The van der Waals surface area contributed by atoms with Crippen molar-refractivity contribution in [2.45, 2.75) is 51.1 Å². The van der Waals surface area contributed by atoms with Crippen molar-refractivity contribution in [1.82, 2.24) is 19.7 Å². The first-order valence-electron chi connectivity index (χ1n) is 8.78. The Morgan fingerprint density at radius 2 is 2.25 bits per heavy atom. The minimum absolute atomic E-state index is 0.0495. The lowest BCUT2D eigenvalue weighted by Gasteiger charge is -2.23. The third-order valence-corrected chi connectivity index (χ3v) is 5.97. The van der Waals surface area contributed by atoms with Crippen LogP contribution in [0.3, 0.4) is 0 Å². The monoisotopic (exact) mass is 345 g/mol. The molecule has 1 amide bonds. The van der Waals surface area contributed by atoms with E-state index >= 15 is 0 Å². The molecular weight excluding hydrogens is 322 g/mol. The van der Waals surface area contributed by atoms with Gasteiger partial charge in [0.15, 0.2) is 5.13 Å². The van der Waals surface area contributed by atoms with Crippen LogP contribution in [0.2, 0.25) is 0 Å². The van der Waals surface area contributed by atoms with Gasteiger partial charge in [0, 0.05) is 23.3 Å². The quantitative estimate of drug-likeness (QED) is 0.903. The second-order valence-electron chi connectivity index (χ2n) is 6.64. The Balaban J connectivity index is 1.34. The zero-order valence-electron chi connectivity index (χ0n) is 13.8. The smallest absolute Gasteiger partial charge is 0.240 e. The van der Waals surface area contributed by atoms with E-state index in [-0.39, 0.29) is 5.91 Å². The fourth-order valence-corrected chi connectivity index (χ4v) is 4.75. The molecule has 1 fully saturated rings. The van der Waals surface area contributed by atoms with E-state index in [0.717, 1.165) is 43.9 Å². The van der Waals surface area contributed by atoms with Gasteiger partial charge in [-0.05, 0) is 51.1 Å². The molecular formula is C17H23N5OS. The molecule has 1 atom stereocenters. The Morgan fingerprint density at radius 3 is 3.08 bits per heavy atom. The number of hydrogen-bond donors (Lipinski definition) is 1. The largest absolute Gasteiger partial charge is 0.301 e. The Bertz CT molecular complexity index is 672. The summed E-state index contributed by atoms with van der Waals surface area (Å²) in [5.74, 6) is 0.0495. The van der Waals surface area contributed by atoms with Crippen LogP contribution in [0, 0.1) is 0 Å². The minimum Gasteiger partial charge on any atom is -0.301 e. The van der Waals surface area contributed by atoms with Gasteiger partial charge in [-0.15, -0.1) is 11.3 Å². The van der Waals surface area contributed by atoms with Gasteiger partial charge in [-0.1, -0.05) is 0 Å². The Labute approximate surface area is 145 Å². The van der Waals surface area contributed by atoms with E-state index in [1.807, 2.05) is 16.9 Å². The normalized spacial score (nSPS) is 20.9. The number of nitrogens with one attached hydrogen (secondary N) is 1. The van der Waals surface area contributed by atoms with Crippen LogP contribution in [0.1, 0.15) is 36.3 Å². The van der Waals surface area contributed by atoms with Crippen molar-refractivity contribution in [1.29, 1.82) is 0 Å². The highest BCUT2D eigenvalue weighted by atomic mass is 32.1. The summed E-state index contributed by atoms with van der Waals surface area (Å²) in [6.07, 6.45) is 10.7. The van der Waals surface area contributed by atoms with E-state index in [0.29, 0.717) is 12.6 Å². The molecule has 2 aromatic heterocycles. The number of hydrogen-bond acceptors (Lipinski definition) is 5. The van der Waals surface area contributed by atoms with Crippen molar-refractivity contribution in [2.75, 3.05) is 18.4 Å². The van der Waals surface area contributed by atoms with E-state index in [1.54, 1.807) is 17.5 Å². The molecule has 0 spiro atoms. The molecule has 2 aliphatic rings. The summed E-state index contributed by atoms with van der Waals surface area (Å²) in [4.78, 5) is 20.6. The number of rotatable bonds is 5. The summed E-state index contributed by atoms with van der Waals surface area (Å²) in [6.45, 7) is 2.27. The molecule has 0 saturated carbocycles. The minimum atomic E-state index is 0.0495. The van der Waals surface area contributed by atoms with Gasteiger partial charge in [0.25, 0.3) is 0 Å². The summed E-state index contributed by atoms with van der Waals surface area (Å²) in [5, 5.41) is 8.06. The number of aryl methyl sites for hydroxylation is 2. The molecule has 128 valence electrons. The molecule has 2 aromatic rings. The van der Waals surface area contributed by atoms with Gasteiger partial charge in [-0.3, -0.25) is 14.4 Å². The zero-order chi connectivity index (χ0) is 16.4. The molecule has 1 N–H and O–H groups in total. The van der Waals surface area contributed by atoms with Crippen LogP contribution < -0.4 is 5.32 Å². The number of anilines is 1. The molecule has 1 saturated heterocycles. The molecule has 24 heavy (non-hydrogen) atoms. The lowest BCUT2D eigenvalue weighted by molar-refractivity contribution is -0.117. The molecule has 0 aromatic carbocycles. The van der Waals surface area contributed by atoms with Crippen molar-refractivity contribution in [3.05, 3.63) is 29.0 Å². The molecule has 0 radical (unpaired) electrons. The van der Waals surface area contributed by atoms with E-state index in [1.165, 1.54) is 23.4 Å². The van der Waals surface area contributed by atoms with Crippen molar-refractivity contribution < 1.29 is 4.79 Å². The fraction of sp³-hybridized carbons (Fsp3) is 0.588.